The van der Waals surface area contributed by atoms with Crippen LogP contribution in [0.4, 0.5) is 5.69 Å². The molecule has 0 aliphatic carbocycles. The summed E-state index contributed by atoms with van der Waals surface area (Å²) < 4.78 is 0. The van der Waals surface area contributed by atoms with Gasteiger partial charge in [-0.1, -0.05) is 18.2 Å². The van der Waals surface area contributed by atoms with Gasteiger partial charge in [-0.25, -0.2) is 0 Å². The SMILES string of the molecule is Cc1cccc(C)c1NCC1CCNCC1. The third-order valence-electron chi connectivity index (χ3n) is 3.51. The molecule has 1 saturated heterocycles. The van der Waals surface area contributed by atoms with E-state index in [1.54, 1.807) is 0 Å². The van der Waals surface area contributed by atoms with Crippen molar-refractivity contribution in [3.63, 3.8) is 0 Å². The fourth-order valence-corrected chi connectivity index (χ4v) is 2.43. The van der Waals surface area contributed by atoms with Gasteiger partial charge in [0, 0.05) is 12.2 Å². The van der Waals surface area contributed by atoms with Crippen LogP contribution in [0.15, 0.2) is 18.2 Å². The van der Waals surface area contributed by atoms with Crippen molar-refractivity contribution >= 4 is 5.69 Å². The number of anilines is 1. The lowest BCUT2D eigenvalue weighted by atomic mass is 9.97. The van der Waals surface area contributed by atoms with Crippen molar-refractivity contribution in [3.8, 4) is 0 Å². The molecule has 0 radical (unpaired) electrons. The Balaban J connectivity index is 1.93. The lowest BCUT2D eigenvalue weighted by molar-refractivity contribution is 0.390. The molecule has 0 spiro atoms. The maximum absolute atomic E-state index is 3.62. The van der Waals surface area contributed by atoms with E-state index in [0.29, 0.717) is 0 Å². The van der Waals surface area contributed by atoms with Crippen molar-refractivity contribution in [1.29, 1.82) is 0 Å². The Hall–Kier alpha value is -1.02. The molecular formula is C14H22N2. The molecular weight excluding hydrogens is 196 g/mol. The average molecular weight is 218 g/mol. The second-order valence-corrected chi connectivity index (χ2v) is 4.84. The van der Waals surface area contributed by atoms with E-state index in [1.807, 2.05) is 0 Å². The molecule has 0 amide bonds. The minimum Gasteiger partial charge on any atom is -0.384 e. The zero-order chi connectivity index (χ0) is 11.4. The Morgan fingerprint density at radius 1 is 1.19 bits per heavy atom. The number of benzene rings is 1. The molecule has 1 aromatic carbocycles. The standard InChI is InChI=1S/C14H22N2/c1-11-4-3-5-12(2)14(11)16-10-13-6-8-15-9-7-13/h3-5,13,15-16H,6-10H2,1-2H3. The Morgan fingerprint density at radius 3 is 2.44 bits per heavy atom. The van der Waals surface area contributed by atoms with Gasteiger partial charge >= 0.3 is 0 Å². The average Bonchev–Trinajstić information content (AvgIpc) is 2.30. The van der Waals surface area contributed by atoms with Crippen LogP contribution in [-0.2, 0) is 0 Å². The Kier molecular flexibility index (Phi) is 3.83. The summed E-state index contributed by atoms with van der Waals surface area (Å²) in [4.78, 5) is 0. The molecule has 2 N–H and O–H groups in total. The number of rotatable bonds is 3. The van der Waals surface area contributed by atoms with Gasteiger partial charge < -0.3 is 10.6 Å². The van der Waals surface area contributed by atoms with Crippen molar-refractivity contribution in [2.45, 2.75) is 26.7 Å². The number of para-hydroxylation sites is 1. The number of piperidine rings is 1. The molecule has 16 heavy (non-hydrogen) atoms. The van der Waals surface area contributed by atoms with Crippen molar-refractivity contribution in [3.05, 3.63) is 29.3 Å². The maximum atomic E-state index is 3.62. The van der Waals surface area contributed by atoms with Crippen LogP contribution in [0.2, 0.25) is 0 Å². The van der Waals surface area contributed by atoms with E-state index in [0.717, 1.165) is 12.5 Å². The fourth-order valence-electron chi connectivity index (χ4n) is 2.43. The van der Waals surface area contributed by atoms with E-state index in [-0.39, 0.29) is 0 Å². The molecule has 1 heterocycles. The predicted molar refractivity (Wildman–Crippen MR) is 70.0 cm³/mol. The van der Waals surface area contributed by atoms with E-state index < -0.39 is 0 Å². The first-order chi connectivity index (χ1) is 7.77. The summed E-state index contributed by atoms with van der Waals surface area (Å²) in [5, 5.41) is 7.03. The van der Waals surface area contributed by atoms with Gasteiger partial charge in [-0.05, 0) is 56.8 Å². The second kappa shape index (κ2) is 5.35. The van der Waals surface area contributed by atoms with E-state index in [1.165, 1.54) is 42.7 Å². The minimum absolute atomic E-state index is 0.834. The summed E-state index contributed by atoms with van der Waals surface area (Å²) in [6.07, 6.45) is 2.61. The van der Waals surface area contributed by atoms with Crippen LogP contribution >= 0.6 is 0 Å². The third kappa shape index (κ3) is 2.76. The molecule has 0 unspecified atom stereocenters. The molecule has 0 aromatic heterocycles. The third-order valence-corrected chi connectivity index (χ3v) is 3.51. The molecule has 88 valence electrons. The predicted octanol–water partition coefficient (Wildman–Crippen LogP) is 2.71. The molecule has 0 atom stereocenters. The van der Waals surface area contributed by atoms with E-state index >= 15 is 0 Å². The van der Waals surface area contributed by atoms with Gasteiger partial charge in [-0.2, -0.15) is 0 Å². The van der Waals surface area contributed by atoms with Gasteiger partial charge in [-0.15, -0.1) is 0 Å². The van der Waals surface area contributed by atoms with E-state index in [4.69, 9.17) is 0 Å². The summed E-state index contributed by atoms with van der Waals surface area (Å²) in [7, 11) is 0. The largest absolute Gasteiger partial charge is 0.384 e. The summed E-state index contributed by atoms with van der Waals surface area (Å²) in [5.74, 6) is 0.834. The molecule has 2 rings (SSSR count). The Bertz CT molecular complexity index is 320. The van der Waals surface area contributed by atoms with Gasteiger partial charge in [-0.3, -0.25) is 0 Å². The van der Waals surface area contributed by atoms with Gasteiger partial charge in [0.25, 0.3) is 0 Å². The number of hydrogen-bond acceptors (Lipinski definition) is 2. The molecule has 2 nitrogen and oxygen atoms in total. The molecule has 2 heteroatoms. The van der Waals surface area contributed by atoms with Crippen molar-refractivity contribution in [2.24, 2.45) is 5.92 Å². The lowest BCUT2D eigenvalue weighted by Gasteiger charge is -2.24. The highest BCUT2D eigenvalue weighted by molar-refractivity contribution is 5.56. The van der Waals surface area contributed by atoms with Gasteiger partial charge in [0.15, 0.2) is 0 Å². The van der Waals surface area contributed by atoms with Crippen molar-refractivity contribution < 1.29 is 0 Å². The minimum atomic E-state index is 0.834. The lowest BCUT2D eigenvalue weighted by Crippen LogP contribution is -2.31. The number of nitrogens with one attached hydrogen (secondary N) is 2. The van der Waals surface area contributed by atoms with Crippen LogP contribution in [0.25, 0.3) is 0 Å². The Labute approximate surface area is 98.4 Å². The first-order valence-electron chi connectivity index (χ1n) is 6.28. The van der Waals surface area contributed by atoms with Crippen LogP contribution in [0.5, 0.6) is 0 Å². The monoisotopic (exact) mass is 218 g/mol. The molecule has 1 fully saturated rings. The summed E-state index contributed by atoms with van der Waals surface area (Å²) in [6.45, 7) is 7.83. The molecule has 1 aliphatic rings. The highest BCUT2D eigenvalue weighted by Crippen LogP contribution is 2.21. The van der Waals surface area contributed by atoms with Crippen LogP contribution < -0.4 is 10.6 Å². The summed E-state index contributed by atoms with van der Waals surface area (Å²) >= 11 is 0. The Morgan fingerprint density at radius 2 is 1.81 bits per heavy atom. The number of aryl methyl sites for hydroxylation is 2. The van der Waals surface area contributed by atoms with Gasteiger partial charge in [0.05, 0.1) is 0 Å². The van der Waals surface area contributed by atoms with Crippen LogP contribution in [0.3, 0.4) is 0 Å². The first-order valence-corrected chi connectivity index (χ1v) is 6.28. The quantitative estimate of drug-likeness (QED) is 0.815. The highest BCUT2D eigenvalue weighted by atomic mass is 14.9. The second-order valence-electron chi connectivity index (χ2n) is 4.84. The number of hydrogen-bond donors (Lipinski definition) is 2. The van der Waals surface area contributed by atoms with Crippen molar-refractivity contribution in [1.82, 2.24) is 5.32 Å². The normalized spacial score (nSPS) is 17.4. The molecule has 0 bridgehead atoms. The van der Waals surface area contributed by atoms with Crippen LogP contribution in [0.1, 0.15) is 24.0 Å². The van der Waals surface area contributed by atoms with Crippen LogP contribution in [-0.4, -0.2) is 19.6 Å². The first kappa shape index (κ1) is 11.5. The molecule has 1 aromatic rings. The topological polar surface area (TPSA) is 24.1 Å². The fraction of sp³-hybridized carbons (Fsp3) is 0.571. The van der Waals surface area contributed by atoms with Gasteiger partial charge in [0.1, 0.15) is 0 Å². The zero-order valence-corrected chi connectivity index (χ0v) is 10.3. The van der Waals surface area contributed by atoms with E-state index in [2.05, 4.69) is 42.7 Å². The summed E-state index contributed by atoms with van der Waals surface area (Å²) in [6, 6.07) is 6.48. The highest BCUT2D eigenvalue weighted by Gasteiger charge is 2.13. The van der Waals surface area contributed by atoms with E-state index in [9.17, 15) is 0 Å². The molecule has 1 aliphatic heterocycles. The maximum Gasteiger partial charge on any atom is 0.0399 e. The smallest absolute Gasteiger partial charge is 0.0399 e. The summed E-state index contributed by atoms with van der Waals surface area (Å²) in [5.41, 5.74) is 4.05. The van der Waals surface area contributed by atoms with Gasteiger partial charge in [0.2, 0.25) is 0 Å². The van der Waals surface area contributed by atoms with Crippen molar-refractivity contribution in [2.75, 3.05) is 25.0 Å². The zero-order valence-electron chi connectivity index (χ0n) is 10.3. The molecule has 0 saturated carbocycles. The van der Waals surface area contributed by atoms with Crippen LogP contribution in [0, 0.1) is 19.8 Å².